The molecule has 0 heterocycles. The van der Waals surface area contributed by atoms with Gasteiger partial charge in [-0.05, 0) is 52.7 Å². The topological polar surface area (TPSA) is 15.3 Å². The van der Waals surface area contributed by atoms with Crippen molar-refractivity contribution in [2.24, 2.45) is 5.92 Å². The maximum Gasteiger partial charge on any atom is 0.0431 e. The lowest BCUT2D eigenvalue weighted by Crippen LogP contribution is -2.59. The SMILES string of the molecule is C=CC(NC)C1(N(C)C)CCC(C)CC1. The molecule has 0 aromatic carbocycles. The molecule has 0 saturated heterocycles. The molecule has 0 bridgehead atoms. The number of nitrogens with one attached hydrogen (secondary N) is 1. The monoisotopic (exact) mass is 210 g/mol. The maximum absolute atomic E-state index is 3.96. The molecule has 1 fully saturated rings. The molecule has 0 aromatic rings. The van der Waals surface area contributed by atoms with Crippen LogP contribution in [0.1, 0.15) is 32.6 Å². The van der Waals surface area contributed by atoms with E-state index in [4.69, 9.17) is 0 Å². The first-order valence-electron chi connectivity index (χ1n) is 6.04. The van der Waals surface area contributed by atoms with Gasteiger partial charge in [0, 0.05) is 11.6 Å². The van der Waals surface area contributed by atoms with Crippen LogP contribution in [-0.4, -0.2) is 37.6 Å². The zero-order chi connectivity index (χ0) is 11.5. The average molecular weight is 210 g/mol. The summed E-state index contributed by atoms with van der Waals surface area (Å²) in [5.74, 6) is 0.889. The summed E-state index contributed by atoms with van der Waals surface area (Å²) in [6, 6.07) is 0.403. The third-order valence-electron chi connectivity index (χ3n) is 4.16. The molecule has 88 valence electrons. The van der Waals surface area contributed by atoms with Gasteiger partial charge in [0.1, 0.15) is 0 Å². The number of likely N-dealkylation sites (N-methyl/N-ethyl adjacent to an activating group) is 2. The van der Waals surface area contributed by atoms with E-state index in [9.17, 15) is 0 Å². The van der Waals surface area contributed by atoms with Gasteiger partial charge >= 0.3 is 0 Å². The quantitative estimate of drug-likeness (QED) is 0.716. The van der Waals surface area contributed by atoms with Crippen molar-refractivity contribution in [3.63, 3.8) is 0 Å². The third kappa shape index (κ3) is 2.43. The van der Waals surface area contributed by atoms with Crippen molar-refractivity contribution in [1.82, 2.24) is 10.2 Å². The maximum atomic E-state index is 3.96. The fourth-order valence-corrected chi connectivity index (χ4v) is 2.90. The Morgan fingerprint density at radius 2 is 1.93 bits per heavy atom. The van der Waals surface area contributed by atoms with Gasteiger partial charge < -0.3 is 10.2 Å². The first-order chi connectivity index (χ1) is 7.06. The third-order valence-corrected chi connectivity index (χ3v) is 4.16. The summed E-state index contributed by atoms with van der Waals surface area (Å²) in [6.07, 6.45) is 7.29. The highest BCUT2D eigenvalue weighted by Gasteiger charge is 2.40. The van der Waals surface area contributed by atoms with Crippen LogP contribution in [-0.2, 0) is 0 Å². The van der Waals surface area contributed by atoms with Gasteiger partial charge in [-0.2, -0.15) is 0 Å². The Morgan fingerprint density at radius 1 is 1.40 bits per heavy atom. The van der Waals surface area contributed by atoms with Crippen LogP contribution < -0.4 is 5.32 Å². The highest BCUT2D eigenvalue weighted by molar-refractivity contribution is 5.07. The van der Waals surface area contributed by atoms with E-state index in [1.807, 2.05) is 7.05 Å². The normalized spacial score (nSPS) is 34.1. The van der Waals surface area contributed by atoms with Crippen LogP contribution in [0.2, 0.25) is 0 Å². The minimum atomic E-state index is 0.281. The summed E-state index contributed by atoms with van der Waals surface area (Å²) >= 11 is 0. The van der Waals surface area contributed by atoms with E-state index < -0.39 is 0 Å². The molecule has 0 amide bonds. The van der Waals surface area contributed by atoms with Gasteiger partial charge in [-0.1, -0.05) is 13.0 Å². The Kier molecular flexibility index (Phi) is 4.35. The standard InChI is InChI=1S/C13H26N2/c1-6-12(14-3)13(15(4)5)9-7-11(2)8-10-13/h6,11-12,14H,1,7-10H2,2-5H3. The molecule has 2 nitrogen and oxygen atoms in total. The molecule has 0 aromatic heterocycles. The predicted molar refractivity (Wildman–Crippen MR) is 67.1 cm³/mol. The van der Waals surface area contributed by atoms with Crippen LogP contribution in [0.3, 0.4) is 0 Å². The lowest BCUT2D eigenvalue weighted by Gasteiger charge is -2.48. The van der Waals surface area contributed by atoms with Crippen molar-refractivity contribution in [2.75, 3.05) is 21.1 Å². The number of hydrogen-bond donors (Lipinski definition) is 1. The largest absolute Gasteiger partial charge is 0.312 e. The summed E-state index contributed by atoms with van der Waals surface area (Å²) < 4.78 is 0. The van der Waals surface area contributed by atoms with Gasteiger partial charge in [0.25, 0.3) is 0 Å². The Labute approximate surface area is 94.7 Å². The molecule has 0 spiro atoms. The van der Waals surface area contributed by atoms with Crippen molar-refractivity contribution in [2.45, 2.75) is 44.2 Å². The van der Waals surface area contributed by atoms with Crippen LogP contribution in [0, 0.1) is 5.92 Å². The second-order valence-electron chi connectivity index (χ2n) is 5.18. The predicted octanol–water partition coefficient (Wildman–Crippen LogP) is 2.27. The van der Waals surface area contributed by atoms with Crippen molar-refractivity contribution >= 4 is 0 Å². The molecule has 1 atom stereocenters. The van der Waals surface area contributed by atoms with E-state index in [0.717, 1.165) is 5.92 Å². The molecule has 1 unspecified atom stereocenters. The molecule has 1 aliphatic carbocycles. The zero-order valence-corrected chi connectivity index (χ0v) is 10.7. The summed E-state index contributed by atoms with van der Waals surface area (Å²) in [7, 11) is 6.43. The van der Waals surface area contributed by atoms with Crippen LogP contribution >= 0.6 is 0 Å². The van der Waals surface area contributed by atoms with Gasteiger partial charge in [-0.25, -0.2) is 0 Å². The average Bonchev–Trinajstić information content (AvgIpc) is 2.22. The molecule has 2 heteroatoms. The van der Waals surface area contributed by atoms with Crippen molar-refractivity contribution < 1.29 is 0 Å². The highest BCUT2D eigenvalue weighted by Crippen LogP contribution is 2.37. The van der Waals surface area contributed by atoms with Crippen LogP contribution in [0.5, 0.6) is 0 Å². The van der Waals surface area contributed by atoms with Crippen LogP contribution in [0.25, 0.3) is 0 Å². The first-order valence-corrected chi connectivity index (χ1v) is 6.04. The molecule has 15 heavy (non-hydrogen) atoms. The molecular formula is C13H26N2. The minimum Gasteiger partial charge on any atom is -0.312 e. The van der Waals surface area contributed by atoms with E-state index in [-0.39, 0.29) is 5.54 Å². The second-order valence-corrected chi connectivity index (χ2v) is 5.18. The van der Waals surface area contributed by atoms with Crippen LogP contribution in [0.4, 0.5) is 0 Å². The Bertz CT molecular complexity index is 203. The van der Waals surface area contributed by atoms with E-state index >= 15 is 0 Å². The summed E-state index contributed by atoms with van der Waals surface area (Å²) in [6.45, 7) is 6.33. The van der Waals surface area contributed by atoms with Gasteiger partial charge in [-0.15, -0.1) is 6.58 Å². The van der Waals surface area contributed by atoms with Gasteiger partial charge in [0.2, 0.25) is 0 Å². The Morgan fingerprint density at radius 3 is 2.27 bits per heavy atom. The van der Waals surface area contributed by atoms with Crippen LogP contribution in [0.15, 0.2) is 12.7 Å². The van der Waals surface area contributed by atoms with E-state index in [1.165, 1.54) is 25.7 Å². The van der Waals surface area contributed by atoms with Gasteiger partial charge in [-0.3, -0.25) is 0 Å². The van der Waals surface area contributed by atoms with E-state index in [0.29, 0.717) is 6.04 Å². The fourth-order valence-electron chi connectivity index (χ4n) is 2.90. The van der Waals surface area contributed by atoms with E-state index in [1.54, 1.807) is 0 Å². The molecule has 1 aliphatic rings. The number of nitrogens with zero attached hydrogens (tertiary/aromatic N) is 1. The fraction of sp³-hybridized carbons (Fsp3) is 0.846. The number of hydrogen-bond acceptors (Lipinski definition) is 2. The highest BCUT2D eigenvalue weighted by atomic mass is 15.2. The molecule has 0 radical (unpaired) electrons. The molecule has 0 aliphatic heterocycles. The van der Waals surface area contributed by atoms with E-state index in [2.05, 4.69) is 43.9 Å². The Balaban J connectivity index is 2.83. The summed E-state index contributed by atoms with van der Waals surface area (Å²) in [5, 5.41) is 3.40. The van der Waals surface area contributed by atoms with Crippen molar-refractivity contribution in [3.05, 3.63) is 12.7 Å². The second kappa shape index (κ2) is 5.13. The zero-order valence-electron chi connectivity index (χ0n) is 10.7. The number of rotatable bonds is 4. The minimum absolute atomic E-state index is 0.281. The smallest absolute Gasteiger partial charge is 0.0431 e. The lowest BCUT2D eigenvalue weighted by atomic mass is 9.72. The van der Waals surface area contributed by atoms with Crippen molar-refractivity contribution in [1.29, 1.82) is 0 Å². The van der Waals surface area contributed by atoms with Gasteiger partial charge in [0.05, 0.1) is 0 Å². The summed E-state index contributed by atoms with van der Waals surface area (Å²) in [5.41, 5.74) is 0.281. The molecule has 1 saturated carbocycles. The Hall–Kier alpha value is -0.340. The first kappa shape index (κ1) is 12.7. The van der Waals surface area contributed by atoms with Gasteiger partial charge in [0.15, 0.2) is 0 Å². The molecular weight excluding hydrogens is 184 g/mol. The molecule has 1 N–H and O–H groups in total. The lowest BCUT2D eigenvalue weighted by molar-refractivity contribution is 0.0614. The summed E-state index contributed by atoms with van der Waals surface area (Å²) in [4.78, 5) is 2.39. The molecule has 1 rings (SSSR count). The van der Waals surface area contributed by atoms with Crippen molar-refractivity contribution in [3.8, 4) is 0 Å².